The zero-order valence-corrected chi connectivity index (χ0v) is 11.2. The van der Waals surface area contributed by atoms with E-state index in [-0.39, 0.29) is 17.3 Å². The van der Waals surface area contributed by atoms with Crippen molar-refractivity contribution >= 4 is 5.97 Å². The average Bonchev–Trinajstić information content (AvgIpc) is 2.88. The van der Waals surface area contributed by atoms with Crippen molar-refractivity contribution in [2.24, 2.45) is 5.41 Å². The van der Waals surface area contributed by atoms with Crippen LogP contribution in [0.1, 0.15) is 32.3 Å². The van der Waals surface area contributed by atoms with Gasteiger partial charge in [-0.1, -0.05) is 32.0 Å². The van der Waals surface area contributed by atoms with Crippen LogP contribution in [0.5, 0.6) is 5.75 Å². The molecule has 0 aliphatic heterocycles. The second kappa shape index (κ2) is 4.48. The molecule has 0 N–H and O–H groups in total. The summed E-state index contributed by atoms with van der Waals surface area (Å²) in [6.45, 7) is 5.68. The molecule has 0 spiro atoms. The van der Waals surface area contributed by atoms with Gasteiger partial charge in [-0.05, 0) is 11.6 Å². The summed E-state index contributed by atoms with van der Waals surface area (Å²) in [5.41, 5.74) is 2.29. The molecule has 1 aliphatic rings. The van der Waals surface area contributed by atoms with Crippen LogP contribution in [0.4, 0.5) is 0 Å². The topological polar surface area (TPSA) is 35.5 Å². The molecule has 0 heterocycles. The second-order valence-electron chi connectivity index (χ2n) is 5.08. The smallest absolute Gasteiger partial charge is 0.307 e. The molecule has 0 saturated heterocycles. The molecule has 1 atom stereocenters. The van der Waals surface area contributed by atoms with Crippen LogP contribution in [-0.4, -0.2) is 13.1 Å². The Bertz CT molecular complexity index is 500. The summed E-state index contributed by atoms with van der Waals surface area (Å²) in [4.78, 5) is 10.9. The maximum Gasteiger partial charge on any atom is 0.307 e. The molecule has 18 heavy (non-hydrogen) atoms. The average molecular weight is 246 g/mol. The molecule has 3 heteroatoms. The lowest BCUT2D eigenvalue weighted by atomic mass is 10.0. The zero-order chi connectivity index (χ0) is 13.3. The van der Waals surface area contributed by atoms with Gasteiger partial charge in [0.15, 0.2) is 0 Å². The van der Waals surface area contributed by atoms with Crippen LogP contribution in [0.2, 0.25) is 0 Å². The SMILES string of the molecule is COc1ccccc1C1/C(=C\OC(C)=O)C1(C)C. The van der Waals surface area contributed by atoms with E-state index in [2.05, 4.69) is 19.9 Å². The summed E-state index contributed by atoms with van der Waals surface area (Å²) in [5.74, 6) is 0.846. The highest BCUT2D eigenvalue weighted by Crippen LogP contribution is 2.65. The van der Waals surface area contributed by atoms with Crippen LogP contribution in [0.25, 0.3) is 0 Å². The van der Waals surface area contributed by atoms with E-state index in [0.29, 0.717) is 0 Å². The van der Waals surface area contributed by atoms with E-state index in [1.807, 2.05) is 18.2 Å². The molecule has 1 unspecified atom stereocenters. The minimum Gasteiger partial charge on any atom is -0.496 e. The molecular weight excluding hydrogens is 228 g/mol. The number of rotatable bonds is 3. The van der Waals surface area contributed by atoms with Crippen LogP contribution in [-0.2, 0) is 9.53 Å². The summed E-state index contributed by atoms with van der Waals surface area (Å²) in [7, 11) is 1.67. The minimum atomic E-state index is -0.288. The molecule has 3 nitrogen and oxygen atoms in total. The standard InChI is InChI=1S/C15H18O3/c1-10(16)18-9-12-14(15(12,2)3)11-7-5-6-8-13(11)17-4/h5-9,14H,1-4H3/b12-9+. The van der Waals surface area contributed by atoms with E-state index in [9.17, 15) is 4.79 Å². The van der Waals surface area contributed by atoms with Gasteiger partial charge in [0.25, 0.3) is 0 Å². The molecule has 1 fully saturated rings. The third-order valence-corrected chi connectivity index (χ3v) is 3.50. The van der Waals surface area contributed by atoms with Gasteiger partial charge >= 0.3 is 5.97 Å². The van der Waals surface area contributed by atoms with E-state index < -0.39 is 0 Å². The van der Waals surface area contributed by atoms with Crippen molar-refractivity contribution in [1.29, 1.82) is 0 Å². The molecule has 0 bridgehead atoms. The molecule has 1 aromatic rings. The van der Waals surface area contributed by atoms with Crippen LogP contribution < -0.4 is 4.74 Å². The van der Waals surface area contributed by atoms with Gasteiger partial charge in [-0.2, -0.15) is 0 Å². The molecule has 1 saturated carbocycles. The summed E-state index contributed by atoms with van der Waals surface area (Å²) < 4.78 is 10.4. The number of hydrogen-bond donors (Lipinski definition) is 0. The van der Waals surface area contributed by atoms with Gasteiger partial charge in [-0.3, -0.25) is 4.79 Å². The molecule has 0 radical (unpaired) electrons. The van der Waals surface area contributed by atoms with Crippen molar-refractivity contribution in [3.8, 4) is 5.75 Å². The Morgan fingerprint density at radius 3 is 2.61 bits per heavy atom. The number of para-hydroxylation sites is 1. The van der Waals surface area contributed by atoms with Gasteiger partial charge in [-0.25, -0.2) is 0 Å². The molecule has 2 rings (SSSR count). The van der Waals surface area contributed by atoms with E-state index >= 15 is 0 Å². The Kier molecular flexibility index (Phi) is 3.16. The first kappa shape index (κ1) is 12.7. The van der Waals surface area contributed by atoms with Crippen molar-refractivity contribution in [2.45, 2.75) is 26.7 Å². The van der Waals surface area contributed by atoms with Crippen LogP contribution in [0.15, 0.2) is 36.1 Å². The Hall–Kier alpha value is -1.77. The molecule has 96 valence electrons. The summed E-state index contributed by atoms with van der Waals surface area (Å²) in [6.07, 6.45) is 1.58. The normalized spacial score (nSPS) is 22.7. The third kappa shape index (κ3) is 2.13. The number of carbonyl (C=O) groups excluding carboxylic acids is 1. The van der Waals surface area contributed by atoms with Gasteiger partial charge in [-0.15, -0.1) is 0 Å². The fraction of sp³-hybridized carbons (Fsp3) is 0.400. The summed E-state index contributed by atoms with van der Waals surface area (Å²) in [5, 5.41) is 0. The fourth-order valence-corrected chi connectivity index (χ4v) is 2.41. The number of carbonyl (C=O) groups is 1. The number of benzene rings is 1. The third-order valence-electron chi connectivity index (χ3n) is 3.50. The summed E-state index contributed by atoms with van der Waals surface area (Å²) in [6, 6.07) is 7.95. The summed E-state index contributed by atoms with van der Waals surface area (Å²) >= 11 is 0. The predicted octanol–water partition coefficient (Wildman–Crippen LogP) is 3.27. The molecule has 0 aromatic heterocycles. The van der Waals surface area contributed by atoms with Crippen LogP contribution in [0, 0.1) is 5.41 Å². The Balaban J connectivity index is 2.30. The zero-order valence-electron chi connectivity index (χ0n) is 11.2. The number of allylic oxidation sites excluding steroid dienone is 1. The van der Waals surface area contributed by atoms with Crippen molar-refractivity contribution in [3.63, 3.8) is 0 Å². The first-order valence-electron chi connectivity index (χ1n) is 5.99. The Morgan fingerprint density at radius 2 is 2.00 bits per heavy atom. The van der Waals surface area contributed by atoms with Gasteiger partial charge in [0, 0.05) is 23.8 Å². The largest absolute Gasteiger partial charge is 0.496 e. The van der Waals surface area contributed by atoms with Crippen molar-refractivity contribution in [3.05, 3.63) is 41.7 Å². The second-order valence-corrected chi connectivity index (χ2v) is 5.08. The van der Waals surface area contributed by atoms with Crippen molar-refractivity contribution < 1.29 is 14.3 Å². The highest BCUT2D eigenvalue weighted by atomic mass is 16.5. The van der Waals surface area contributed by atoms with Gasteiger partial charge < -0.3 is 9.47 Å². The first-order valence-corrected chi connectivity index (χ1v) is 5.99. The first-order chi connectivity index (χ1) is 8.48. The molecule has 1 aliphatic carbocycles. The molecule has 0 amide bonds. The minimum absolute atomic E-state index is 0.0179. The Labute approximate surface area is 107 Å². The lowest BCUT2D eigenvalue weighted by Gasteiger charge is -2.08. The predicted molar refractivity (Wildman–Crippen MR) is 69.4 cm³/mol. The number of ether oxygens (including phenoxy) is 2. The molecule has 1 aromatic carbocycles. The van der Waals surface area contributed by atoms with E-state index in [4.69, 9.17) is 9.47 Å². The fourth-order valence-electron chi connectivity index (χ4n) is 2.41. The van der Waals surface area contributed by atoms with Crippen LogP contribution >= 0.6 is 0 Å². The van der Waals surface area contributed by atoms with E-state index in [1.54, 1.807) is 13.4 Å². The molecular formula is C15H18O3. The Morgan fingerprint density at radius 1 is 1.33 bits per heavy atom. The monoisotopic (exact) mass is 246 g/mol. The highest BCUT2D eigenvalue weighted by Gasteiger charge is 2.54. The maximum absolute atomic E-state index is 10.9. The maximum atomic E-state index is 10.9. The lowest BCUT2D eigenvalue weighted by molar-refractivity contribution is -0.135. The van der Waals surface area contributed by atoms with E-state index in [1.165, 1.54) is 6.92 Å². The number of esters is 1. The lowest BCUT2D eigenvalue weighted by Crippen LogP contribution is -1.93. The van der Waals surface area contributed by atoms with Gasteiger partial charge in [0.05, 0.1) is 13.4 Å². The van der Waals surface area contributed by atoms with Crippen molar-refractivity contribution in [1.82, 2.24) is 0 Å². The quantitative estimate of drug-likeness (QED) is 0.606. The van der Waals surface area contributed by atoms with Crippen LogP contribution in [0.3, 0.4) is 0 Å². The number of hydrogen-bond acceptors (Lipinski definition) is 3. The van der Waals surface area contributed by atoms with E-state index in [0.717, 1.165) is 16.9 Å². The highest BCUT2D eigenvalue weighted by molar-refractivity contribution is 5.67. The number of methoxy groups -OCH3 is 1. The van der Waals surface area contributed by atoms with Gasteiger partial charge in [0.1, 0.15) is 5.75 Å². The van der Waals surface area contributed by atoms with Crippen molar-refractivity contribution in [2.75, 3.05) is 7.11 Å². The van der Waals surface area contributed by atoms with Gasteiger partial charge in [0.2, 0.25) is 0 Å².